The Bertz CT molecular complexity index is 1170. The van der Waals surface area contributed by atoms with E-state index in [1.165, 1.54) is 32.0 Å². The number of nitrogens with one attached hydrogen (secondary N) is 2. The summed E-state index contributed by atoms with van der Waals surface area (Å²) in [6.07, 6.45) is -0.756. The van der Waals surface area contributed by atoms with Gasteiger partial charge in [-0.2, -0.15) is 13.2 Å². The molecule has 11 heteroatoms. The first-order valence-electron chi connectivity index (χ1n) is 13.7. The second-order valence-corrected chi connectivity index (χ2v) is 11.7. The largest absolute Gasteiger partial charge is 0.480 e. The molecule has 2 aromatic rings. The van der Waals surface area contributed by atoms with E-state index in [1.807, 2.05) is 0 Å². The molecule has 1 fully saturated rings. The standard InChI is InChI=1S/C30H35Cl2F3N2O4/c1-18(2)26(27(38)30(33,34)35)37-28(39)24(13-19-9-5-3-6-10-19)36-29(40)25(14-20-11-7-4-8-12-20)41-23-16-21(31)15-22(32)17-23/h3,5-6,9-10,15-18,20,24-26H,4,7-8,11-14H2,1-2H3,(H,36,40)(H,37,39)/t24-,25+,26-/m0/s1. The second kappa shape index (κ2) is 14.9. The van der Waals surface area contributed by atoms with Gasteiger partial charge in [-0.3, -0.25) is 14.4 Å². The Morgan fingerprint density at radius 1 is 0.927 bits per heavy atom. The molecule has 3 rings (SSSR count). The number of ether oxygens (including phenoxy) is 1. The second-order valence-electron chi connectivity index (χ2n) is 10.8. The molecule has 0 aromatic heterocycles. The van der Waals surface area contributed by atoms with Gasteiger partial charge in [0.15, 0.2) is 6.10 Å². The molecule has 0 radical (unpaired) electrons. The Kier molecular flexibility index (Phi) is 11.9. The highest BCUT2D eigenvalue weighted by atomic mass is 35.5. The number of rotatable bonds is 12. The van der Waals surface area contributed by atoms with E-state index >= 15 is 0 Å². The number of carbonyl (C=O) groups excluding carboxylic acids is 3. The minimum Gasteiger partial charge on any atom is -0.480 e. The first-order chi connectivity index (χ1) is 19.3. The molecule has 0 unspecified atom stereocenters. The van der Waals surface area contributed by atoms with Crippen LogP contribution in [0.1, 0.15) is 57.9 Å². The molecule has 2 aromatic carbocycles. The Morgan fingerprint density at radius 2 is 1.54 bits per heavy atom. The number of benzene rings is 2. The van der Waals surface area contributed by atoms with Crippen LogP contribution >= 0.6 is 23.2 Å². The van der Waals surface area contributed by atoms with Crippen LogP contribution in [0.15, 0.2) is 48.5 Å². The predicted octanol–water partition coefficient (Wildman–Crippen LogP) is 6.71. The van der Waals surface area contributed by atoms with Gasteiger partial charge in [-0.25, -0.2) is 0 Å². The van der Waals surface area contributed by atoms with Crippen LogP contribution in [-0.2, 0) is 20.8 Å². The Hall–Kier alpha value is -2.78. The van der Waals surface area contributed by atoms with Gasteiger partial charge < -0.3 is 15.4 Å². The van der Waals surface area contributed by atoms with Gasteiger partial charge in [-0.15, -0.1) is 0 Å². The fourth-order valence-electron chi connectivity index (χ4n) is 4.98. The van der Waals surface area contributed by atoms with Gasteiger partial charge in [-0.05, 0) is 42.0 Å². The number of alkyl halides is 3. The molecule has 0 saturated heterocycles. The number of amides is 2. The maximum Gasteiger partial charge on any atom is 0.452 e. The Morgan fingerprint density at radius 3 is 2.10 bits per heavy atom. The number of Topliss-reactive ketones (excluding diaryl/α,β-unsaturated/α-hetero) is 1. The van der Waals surface area contributed by atoms with E-state index in [0.29, 0.717) is 22.0 Å². The van der Waals surface area contributed by atoms with Crippen molar-refractivity contribution in [1.29, 1.82) is 0 Å². The maximum atomic E-state index is 13.7. The third-order valence-corrected chi connectivity index (χ3v) is 7.56. The molecule has 0 bridgehead atoms. The molecule has 6 nitrogen and oxygen atoms in total. The van der Waals surface area contributed by atoms with E-state index in [9.17, 15) is 27.6 Å². The van der Waals surface area contributed by atoms with Crippen molar-refractivity contribution in [2.24, 2.45) is 11.8 Å². The number of halogens is 5. The summed E-state index contributed by atoms with van der Waals surface area (Å²) >= 11 is 12.3. The summed E-state index contributed by atoms with van der Waals surface area (Å²) in [6.45, 7) is 2.81. The number of hydrogen-bond donors (Lipinski definition) is 2. The van der Waals surface area contributed by atoms with E-state index in [2.05, 4.69) is 10.6 Å². The summed E-state index contributed by atoms with van der Waals surface area (Å²) in [5.41, 5.74) is 0.669. The number of hydrogen-bond acceptors (Lipinski definition) is 4. The predicted molar refractivity (Wildman–Crippen MR) is 152 cm³/mol. The molecule has 41 heavy (non-hydrogen) atoms. The van der Waals surface area contributed by atoms with Crippen molar-refractivity contribution in [3.05, 3.63) is 64.1 Å². The first-order valence-corrected chi connectivity index (χ1v) is 14.5. The zero-order valence-corrected chi connectivity index (χ0v) is 24.5. The van der Waals surface area contributed by atoms with Crippen LogP contribution in [0.5, 0.6) is 5.75 Å². The average molecular weight is 616 g/mol. The highest BCUT2D eigenvalue weighted by Crippen LogP contribution is 2.31. The van der Waals surface area contributed by atoms with Gasteiger partial charge in [0.25, 0.3) is 11.7 Å². The highest BCUT2D eigenvalue weighted by molar-refractivity contribution is 6.34. The monoisotopic (exact) mass is 614 g/mol. The fourth-order valence-corrected chi connectivity index (χ4v) is 5.49. The molecular weight excluding hydrogens is 580 g/mol. The van der Waals surface area contributed by atoms with Gasteiger partial charge >= 0.3 is 6.18 Å². The van der Waals surface area contributed by atoms with Gasteiger partial charge in [-0.1, -0.05) is 99.5 Å². The van der Waals surface area contributed by atoms with Crippen LogP contribution in [0.4, 0.5) is 13.2 Å². The maximum absolute atomic E-state index is 13.7. The van der Waals surface area contributed by atoms with Crippen molar-refractivity contribution >= 4 is 40.8 Å². The van der Waals surface area contributed by atoms with Crippen molar-refractivity contribution < 1.29 is 32.3 Å². The van der Waals surface area contributed by atoms with Gasteiger partial charge in [0.05, 0.1) is 6.04 Å². The number of ketones is 1. The van der Waals surface area contributed by atoms with E-state index in [0.717, 1.165) is 32.1 Å². The molecule has 224 valence electrons. The van der Waals surface area contributed by atoms with E-state index < -0.39 is 47.9 Å². The third-order valence-electron chi connectivity index (χ3n) is 7.12. The van der Waals surface area contributed by atoms with Crippen molar-refractivity contribution in [1.82, 2.24) is 10.6 Å². The molecule has 0 aliphatic heterocycles. The lowest BCUT2D eigenvalue weighted by Crippen LogP contribution is -2.57. The Labute approximate surface area is 248 Å². The van der Waals surface area contributed by atoms with E-state index in [-0.39, 0.29) is 18.1 Å². The molecule has 2 N–H and O–H groups in total. The fraction of sp³-hybridized carbons (Fsp3) is 0.500. The number of carbonyl (C=O) groups is 3. The minimum atomic E-state index is -5.13. The van der Waals surface area contributed by atoms with Crippen LogP contribution in [-0.4, -0.2) is 42.0 Å². The quantitative estimate of drug-likeness (QED) is 0.278. The Balaban J connectivity index is 1.87. The van der Waals surface area contributed by atoms with E-state index in [4.69, 9.17) is 27.9 Å². The molecule has 3 atom stereocenters. The van der Waals surface area contributed by atoms with Crippen LogP contribution in [0.25, 0.3) is 0 Å². The third kappa shape index (κ3) is 10.2. The lowest BCUT2D eigenvalue weighted by atomic mass is 9.85. The summed E-state index contributed by atoms with van der Waals surface area (Å²) in [7, 11) is 0. The molecular formula is C30H35Cl2F3N2O4. The summed E-state index contributed by atoms with van der Waals surface area (Å²) in [5, 5.41) is 5.56. The van der Waals surface area contributed by atoms with Crippen LogP contribution < -0.4 is 15.4 Å². The minimum absolute atomic E-state index is 0.0113. The molecule has 0 spiro atoms. The average Bonchev–Trinajstić information content (AvgIpc) is 2.90. The molecule has 1 aliphatic rings. The summed E-state index contributed by atoms with van der Waals surface area (Å²) in [5.74, 6) is -3.91. The topological polar surface area (TPSA) is 84.5 Å². The zero-order chi connectivity index (χ0) is 30.2. The van der Waals surface area contributed by atoms with Gasteiger partial charge in [0.1, 0.15) is 11.8 Å². The highest BCUT2D eigenvalue weighted by Gasteiger charge is 2.45. The summed E-state index contributed by atoms with van der Waals surface area (Å²) in [4.78, 5) is 39.1. The van der Waals surface area contributed by atoms with Crippen LogP contribution in [0.3, 0.4) is 0 Å². The van der Waals surface area contributed by atoms with E-state index in [1.54, 1.807) is 30.3 Å². The van der Waals surface area contributed by atoms with Gasteiger partial charge in [0, 0.05) is 16.5 Å². The molecule has 1 aliphatic carbocycles. The molecule has 2 amide bonds. The lowest BCUT2D eigenvalue weighted by molar-refractivity contribution is -0.175. The normalized spacial score (nSPS) is 16.5. The lowest BCUT2D eigenvalue weighted by Gasteiger charge is -2.29. The molecule has 1 saturated carbocycles. The summed E-state index contributed by atoms with van der Waals surface area (Å²) in [6, 6.07) is 10.2. The first kappa shape index (κ1) is 32.7. The van der Waals surface area contributed by atoms with Crippen LogP contribution in [0.2, 0.25) is 10.0 Å². The van der Waals surface area contributed by atoms with Crippen molar-refractivity contribution in [3.63, 3.8) is 0 Å². The van der Waals surface area contributed by atoms with Gasteiger partial charge in [0.2, 0.25) is 5.91 Å². The SMILES string of the molecule is CC(C)[C@H](NC(=O)[C@H](Cc1ccccc1)NC(=O)[C@@H](CC1CCCCC1)Oc1cc(Cl)cc(Cl)c1)C(=O)C(F)(F)F. The van der Waals surface area contributed by atoms with Crippen molar-refractivity contribution in [2.45, 2.75) is 83.2 Å². The van der Waals surface area contributed by atoms with Crippen molar-refractivity contribution in [3.8, 4) is 5.75 Å². The van der Waals surface area contributed by atoms with Crippen molar-refractivity contribution in [2.75, 3.05) is 0 Å². The van der Waals surface area contributed by atoms with Crippen LogP contribution in [0, 0.1) is 11.8 Å². The molecule has 0 heterocycles. The smallest absolute Gasteiger partial charge is 0.452 e. The zero-order valence-electron chi connectivity index (χ0n) is 23.0. The summed E-state index contributed by atoms with van der Waals surface area (Å²) < 4.78 is 45.8.